The van der Waals surface area contributed by atoms with E-state index in [-0.39, 0.29) is 0 Å². The lowest BCUT2D eigenvalue weighted by molar-refractivity contribution is 0.00857. The van der Waals surface area contributed by atoms with Gasteiger partial charge in [-0.2, -0.15) is 0 Å². The summed E-state index contributed by atoms with van der Waals surface area (Å²) in [6, 6.07) is 31.5. The molecule has 0 N–H and O–H groups in total. The maximum absolute atomic E-state index is 6.77. The Morgan fingerprint density at radius 2 is 1.23 bits per heavy atom. The monoisotopic (exact) mass is 362 g/mol. The van der Waals surface area contributed by atoms with E-state index in [0.29, 0.717) is 11.9 Å². The Morgan fingerprint density at radius 1 is 0.769 bits per heavy atom. The standard InChI is InChI=1S/C23H22O2S/c1-4-10-19(11-5-1)23(20-12-6-2-7-13-20,21-14-8-3-9-15-21)25-17-22-16-24-18-26-22/h1-15,22H,16-18H2. The molecule has 0 aliphatic carbocycles. The predicted molar refractivity (Wildman–Crippen MR) is 107 cm³/mol. The second kappa shape index (κ2) is 8.09. The first-order valence-corrected chi connectivity index (χ1v) is 9.94. The average Bonchev–Trinajstić information content (AvgIpc) is 3.25. The lowest BCUT2D eigenvalue weighted by Crippen LogP contribution is -2.35. The van der Waals surface area contributed by atoms with Crippen LogP contribution in [-0.4, -0.2) is 24.4 Å². The van der Waals surface area contributed by atoms with Crippen molar-refractivity contribution in [2.75, 3.05) is 19.2 Å². The molecule has 3 aromatic rings. The topological polar surface area (TPSA) is 18.5 Å². The van der Waals surface area contributed by atoms with Crippen molar-refractivity contribution in [3.63, 3.8) is 0 Å². The molecule has 4 rings (SSSR count). The molecule has 26 heavy (non-hydrogen) atoms. The van der Waals surface area contributed by atoms with Gasteiger partial charge in [-0.15, -0.1) is 11.8 Å². The zero-order valence-electron chi connectivity index (χ0n) is 14.6. The van der Waals surface area contributed by atoms with Crippen LogP contribution in [0.25, 0.3) is 0 Å². The quantitative estimate of drug-likeness (QED) is 0.570. The van der Waals surface area contributed by atoms with E-state index in [1.54, 1.807) is 0 Å². The second-order valence-corrected chi connectivity index (χ2v) is 7.60. The van der Waals surface area contributed by atoms with Crippen LogP contribution in [0.3, 0.4) is 0 Å². The number of ether oxygens (including phenoxy) is 2. The maximum Gasteiger partial charge on any atom is 0.143 e. The first kappa shape index (κ1) is 17.3. The minimum atomic E-state index is -0.632. The molecule has 0 aromatic heterocycles. The molecule has 0 saturated carbocycles. The van der Waals surface area contributed by atoms with E-state index < -0.39 is 5.60 Å². The summed E-state index contributed by atoms with van der Waals surface area (Å²) in [5.74, 6) is 0.753. The zero-order valence-corrected chi connectivity index (χ0v) is 15.4. The Bertz CT molecular complexity index is 703. The average molecular weight is 362 g/mol. The highest BCUT2D eigenvalue weighted by Crippen LogP contribution is 2.41. The molecule has 1 aliphatic heterocycles. The Morgan fingerprint density at radius 3 is 1.62 bits per heavy atom. The van der Waals surface area contributed by atoms with E-state index in [9.17, 15) is 0 Å². The summed E-state index contributed by atoms with van der Waals surface area (Å²) in [7, 11) is 0. The van der Waals surface area contributed by atoms with Crippen LogP contribution in [0.2, 0.25) is 0 Å². The smallest absolute Gasteiger partial charge is 0.143 e. The number of thioether (sulfide) groups is 1. The molecular formula is C23H22O2S. The van der Waals surface area contributed by atoms with E-state index in [4.69, 9.17) is 9.47 Å². The molecule has 3 heteroatoms. The lowest BCUT2D eigenvalue weighted by atomic mass is 9.80. The Balaban J connectivity index is 1.84. The van der Waals surface area contributed by atoms with Crippen LogP contribution in [0, 0.1) is 0 Å². The molecule has 0 bridgehead atoms. The van der Waals surface area contributed by atoms with Crippen molar-refractivity contribution in [3.8, 4) is 0 Å². The molecule has 1 saturated heterocycles. The van der Waals surface area contributed by atoms with E-state index in [0.717, 1.165) is 29.2 Å². The third-order valence-electron chi connectivity index (χ3n) is 4.72. The Hall–Kier alpha value is -2.07. The summed E-state index contributed by atoms with van der Waals surface area (Å²) in [5.41, 5.74) is 2.79. The first-order chi connectivity index (χ1) is 12.9. The molecule has 1 heterocycles. The number of hydrogen-bond acceptors (Lipinski definition) is 3. The van der Waals surface area contributed by atoms with Crippen molar-refractivity contribution in [2.45, 2.75) is 10.9 Å². The minimum Gasteiger partial charge on any atom is -0.370 e. The van der Waals surface area contributed by atoms with Gasteiger partial charge in [-0.1, -0.05) is 91.0 Å². The summed E-state index contributed by atoms with van der Waals surface area (Å²) in [6.07, 6.45) is 0. The lowest BCUT2D eigenvalue weighted by Gasteiger charge is -2.36. The summed E-state index contributed by atoms with van der Waals surface area (Å²) in [6.45, 7) is 1.39. The van der Waals surface area contributed by atoms with Gasteiger partial charge < -0.3 is 9.47 Å². The van der Waals surface area contributed by atoms with Gasteiger partial charge in [-0.25, -0.2) is 0 Å². The summed E-state index contributed by atoms with van der Waals surface area (Å²) >= 11 is 1.82. The van der Waals surface area contributed by atoms with Crippen LogP contribution >= 0.6 is 11.8 Å². The van der Waals surface area contributed by atoms with Crippen molar-refractivity contribution in [2.24, 2.45) is 0 Å². The Kier molecular flexibility index (Phi) is 5.40. The van der Waals surface area contributed by atoms with Crippen molar-refractivity contribution < 1.29 is 9.47 Å². The van der Waals surface area contributed by atoms with Crippen molar-refractivity contribution in [1.82, 2.24) is 0 Å². The van der Waals surface area contributed by atoms with E-state index >= 15 is 0 Å². The van der Waals surface area contributed by atoms with Crippen LogP contribution in [0.5, 0.6) is 0 Å². The van der Waals surface area contributed by atoms with Crippen LogP contribution in [0.15, 0.2) is 91.0 Å². The third-order valence-corrected chi connectivity index (χ3v) is 5.76. The van der Waals surface area contributed by atoms with Gasteiger partial charge in [0, 0.05) is 0 Å². The normalized spacial score (nSPS) is 17.3. The van der Waals surface area contributed by atoms with Crippen molar-refractivity contribution >= 4 is 11.8 Å². The number of rotatable bonds is 6. The number of benzene rings is 3. The van der Waals surface area contributed by atoms with Crippen molar-refractivity contribution in [3.05, 3.63) is 108 Å². The highest BCUT2D eigenvalue weighted by molar-refractivity contribution is 8.00. The zero-order chi connectivity index (χ0) is 17.7. The van der Waals surface area contributed by atoms with E-state index in [1.165, 1.54) is 0 Å². The molecule has 1 fully saturated rings. The van der Waals surface area contributed by atoms with Gasteiger partial charge in [0.25, 0.3) is 0 Å². The van der Waals surface area contributed by atoms with Gasteiger partial charge >= 0.3 is 0 Å². The van der Waals surface area contributed by atoms with E-state index in [2.05, 4.69) is 72.8 Å². The molecule has 1 unspecified atom stereocenters. The maximum atomic E-state index is 6.77. The summed E-state index contributed by atoms with van der Waals surface area (Å²) in [4.78, 5) is 0. The first-order valence-electron chi connectivity index (χ1n) is 8.89. The van der Waals surface area contributed by atoms with Gasteiger partial charge in [0.15, 0.2) is 0 Å². The molecule has 2 nitrogen and oxygen atoms in total. The highest BCUT2D eigenvalue weighted by atomic mass is 32.2. The molecule has 0 radical (unpaired) electrons. The fraction of sp³-hybridized carbons (Fsp3) is 0.217. The summed E-state index contributed by atoms with van der Waals surface area (Å²) in [5, 5.41) is 0.366. The van der Waals surface area contributed by atoms with Crippen LogP contribution in [0.1, 0.15) is 16.7 Å². The molecule has 132 valence electrons. The van der Waals surface area contributed by atoms with Gasteiger partial charge in [0.2, 0.25) is 0 Å². The van der Waals surface area contributed by atoms with Gasteiger partial charge in [0.1, 0.15) is 5.60 Å². The summed E-state index contributed by atoms with van der Waals surface area (Å²) < 4.78 is 12.3. The van der Waals surface area contributed by atoms with Gasteiger partial charge in [-0.05, 0) is 16.7 Å². The number of hydrogen-bond donors (Lipinski definition) is 0. The fourth-order valence-corrected chi connectivity index (χ4v) is 4.20. The van der Waals surface area contributed by atoms with Crippen LogP contribution in [-0.2, 0) is 15.1 Å². The molecular weight excluding hydrogens is 340 g/mol. The fourth-order valence-electron chi connectivity index (χ4n) is 3.45. The van der Waals surface area contributed by atoms with E-state index in [1.807, 2.05) is 30.0 Å². The van der Waals surface area contributed by atoms with Crippen LogP contribution in [0.4, 0.5) is 0 Å². The van der Waals surface area contributed by atoms with Gasteiger partial charge in [-0.3, -0.25) is 0 Å². The third kappa shape index (κ3) is 3.43. The Labute approximate surface area is 159 Å². The molecule has 1 atom stereocenters. The van der Waals surface area contributed by atoms with Crippen molar-refractivity contribution in [1.29, 1.82) is 0 Å². The molecule has 0 amide bonds. The minimum absolute atomic E-state index is 0.366. The largest absolute Gasteiger partial charge is 0.370 e. The SMILES string of the molecule is c1ccc(C(OCC2COCS2)(c2ccccc2)c2ccccc2)cc1. The highest BCUT2D eigenvalue weighted by Gasteiger charge is 2.38. The molecule has 3 aromatic carbocycles. The molecule has 0 spiro atoms. The second-order valence-electron chi connectivity index (χ2n) is 6.37. The predicted octanol–water partition coefficient (Wildman–Crippen LogP) is 5.08. The molecule has 1 aliphatic rings. The van der Waals surface area contributed by atoms with Gasteiger partial charge in [0.05, 0.1) is 24.4 Å². The van der Waals surface area contributed by atoms with Crippen LogP contribution < -0.4 is 0 Å².